The molecule has 0 aliphatic heterocycles. The predicted molar refractivity (Wildman–Crippen MR) is 131 cm³/mol. The van der Waals surface area contributed by atoms with Crippen molar-refractivity contribution >= 4 is 29.3 Å². The molecule has 0 saturated heterocycles. The summed E-state index contributed by atoms with van der Waals surface area (Å²) in [5.41, 5.74) is 3.06. The third-order valence-corrected chi connectivity index (χ3v) is 6.93. The fourth-order valence-corrected chi connectivity index (χ4v) is 4.91. The number of carbonyl (C=O) groups excluding carboxylic acids is 2. The Kier molecular flexibility index (Phi) is 8.88. The molecule has 8 heteroatoms. The fourth-order valence-electron chi connectivity index (χ4n) is 4.03. The van der Waals surface area contributed by atoms with E-state index >= 15 is 0 Å². The number of aryl methyl sites for hydroxylation is 1. The second-order valence-corrected chi connectivity index (χ2v) is 9.58. The van der Waals surface area contributed by atoms with Crippen LogP contribution in [0.2, 0.25) is 0 Å². The van der Waals surface area contributed by atoms with E-state index in [1.54, 1.807) is 24.0 Å². The maximum absolute atomic E-state index is 13.2. The van der Waals surface area contributed by atoms with Gasteiger partial charge in [-0.05, 0) is 37.8 Å². The monoisotopic (exact) mass is 469 g/mol. The van der Waals surface area contributed by atoms with Gasteiger partial charge in [0.05, 0.1) is 10.7 Å². The number of amides is 2. The standard InChI is InChI=1S/C25H31N3O4S/c1-18-6-5-7-21(14-18)15-27(19(2)25(30)26-22-8-3-4-9-22)24(29)17-33-16-20-10-12-23(13-11-20)28(31)32/h5-7,10-14,19,22H,3-4,8-9,15-17H2,1-2H3,(H,26,30)/t19-/m0/s1. The number of benzene rings is 2. The molecule has 1 aliphatic rings. The second kappa shape index (κ2) is 11.8. The van der Waals surface area contributed by atoms with Gasteiger partial charge < -0.3 is 10.2 Å². The quantitative estimate of drug-likeness (QED) is 0.405. The number of hydrogen-bond donors (Lipinski definition) is 1. The van der Waals surface area contributed by atoms with E-state index in [9.17, 15) is 19.7 Å². The average Bonchev–Trinajstić information content (AvgIpc) is 3.30. The fraction of sp³-hybridized carbons (Fsp3) is 0.440. The van der Waals surface area contributed by atoms with Crippen molar-refractivity contribution in [2.45, 2.75) is 63.9 Å². The maximum Gasteiger partial charge on any atom is 0.269 e. The Morgan fingerprint density at radius 2 is 1.85 bits per heavy atom. The van der Waals surface area contributed by atoms with Crippen molar-refractivity contribution in [3.05, 3.63) is 75.3 Å². The molecule has 33 heavy (non-hydrogen) atoms. The molecule has 1 fully saturated rings. The minimum Gasteiger partial charge on any atom is -0.352 e. The Balaban J connectivity index is 1.64. The lowest BCUT2D eigenvalue weighted by atomic mass is 10.1. The van der Waals surface area contributed by atoms with Crippen molar-refractivity contribution in [2.24, 2.45) is 0 Å². The molecule has 7 nitrogen and oxygen atoms in total. The van der Waals surface area contributed by atoms with Gasteiger partial charge in [0.25, 0.3) is 5.69 Å². The van der Waals surface area contributed by atoms with Crippen molar-refractivity contribution in [3.8, 4) is 0 Å². The van der Waals surface area contributed by atoms with Gasteiger partial charge in [-0.25, -0.2) is 0 Å². The molecule has 0 radical (unpaired) electrons. The van der Waals surface area contributed by atoms with Crippen LogP contribution in [-0.2, 0) is 21.9 Å². The number of thioether (sulfide) groups is 1. The molecule has 1 saturated carbocycles. The van der Waals surface area contributed by atoms with Crippen LogP contribution in [0, 0.1) is 17.0 Å². The van der Waals surface area contributed by atoms with Crippen LogP contribution in [0.1, 0.15) is 49.3 Å². The van der Waals surface area contributed by atoms with E-state index in [1.807, 2.05) is 31.2 Å². The van der Waals surface area contributed by atoms with Crippen molar-refractivity contribution in [2.75, 3.05) is 5.75 Å². The third-order valence-electron chi connectivity index (χ3n) is 5.95. The van der Waals surface area contributed by atoms with Gasteiger partial charge in [-0.2, -0.15) is 0 Å². The number of nitrogens with zero attached hydrogens (tertiary/aromatic N) is 2. The number of non-ortho nitro benzene ring substituents is 1. The van der Waals surface area contributed by atoms with Gasteiger partial charge in [0.2, 0.25) is 11.8 Å². The summed E-state index contributed by atoms with van der Waals surface area (Å²) < 4.78 is 0. The van der Waals surface area contributed by atoms with E-state index in [4.69, 9.17) is 0 Å². The Hall–Kier alpha value is -2.87. The Labute approximate surface area is 199 Å². The van der Waals surface area contributed by atoms with E-state index in [2.05, 4.69) is 5.32 Å². The van der Waals surface area contributed by atoms with Gasteiger partial charge in [-0.1, -0.05) is 54.8 Å². The number of nitro groups is 1. The summed E-state index contributed by atoms with van der Waals surface area (Å²) in [6, 6.07) is 14.0. The summed E-state index contributed by atoms with van der Waals surface area (Å²) in [5, 5.41) is 13.9. The topological polar surface area (TPSA) is 92.6 Å². The number of carbonyl (C=O) groups is 2. The van der Waals surface area contributed by atoms with Crippen LogP contribution in [0.15, 0.2) is 48.5 Å². The third kappa shape index (κ3) is 7.32. The lowest BCUT2D eigenvalue weighted by molar-refractivity contribution is -0.384. The van der Waals surface area contributed by atoms with Crippen LogP contribution < -0.4 is 5.32 Å². The molecule has 1 atom stereocenters. The lowest BCUT2D eigenvalue weighted by Gasteiger charge is -2.30. The molecule has 2 aromatic carbocycles. The molecule has 0 spiro atoms. The molecule has 2 amide bonds. The van der Waals surface area contributed by atoms with Crippen molar-refractivity contribution in [1.29, 1.82) is 0 Å². The minimum atomic E-state index is -0.571. The minimum absolute atomic E-state index is 0.0475. The predicted octanol–water partition coefficient (Wildman–Crippen LogP) is 4.61. The first kappa shape index (κ1) is 24.8. The van der Waals surface area contributed by atoms with Crippen molar-refractivity contribution in [1.82, 2.24) is 10.2 Å². The molecule has 0 unspecified atom stereocenters. The highest BCUT2D eigenvalue weighted by Crippen LogP contribution is 2.20. The van der Waals surface area contributed by atoms with E-state index < -0.39 is 11.0 Å². The summed E-state index contributed by atoms with van der Waals surface area (Å²) in [7, 11) is 0. The molecule has 1 aliphatic carbocycles. The maximum atomic E-state index is 13.2. The van der Waals surface area contributed by atoms with Crippen molar-refractivity contribution in [3.63, 3.8) is 0 Å². The SMILES string of the molecule is Cc1cccc(CN(C(=O)CSCc2ccc([N+](=O)[O-])cc2)[C@@H](C)C(=O)NC2CCCC2)c1. The summed E-state index contributed by atoms with van der Waals surface area (Å²) in [6.45, 7) is 4.17. The summed E-state index contributed by atoms with van der Waals surface area (Å²) >= 11 is 1.44. The molecule has 0 aromatic heterocycles. The number of nitrogens with one attached hydrogen (secondary N) is 1. The van der Waals surface area contributed by atoms with Crippen LogP contribution in [0.4, 0.5) is 5.69 Å². The van der Waals surface area contributed by atoms with Crippen LogP contribution in [0.3, 0.4) is 0 Å². The average molecular weight is 470 g/mol. The van der Waals surface area contributed by atoms with Crippen LogP contribution in [0.5, 0.6) is 0 Å². The van der Waals surface area contributed by atoms with Gasteiger partial charge in [0, 0.05) is 30.5 Å². The lowest BCUT2D eigenvalue weighted by Crippen LogP contribution is -2.50. The van der Waals surface area contributed by atoms with Gasteiger partial charge >= 0.3 is 0 Å². The van der Waals surface area contributed by atoms with Gasteiger partial charge in [-0.15, -0.1) is 11.8 Å². The molecular formula is C25H31N3O4S. The van der Waals surface area contributed by atoms with Gasteiger partial charge in [0.15, 0.2) is 0 Å². The molecule has 0 heterocycles. The van der Waals surface area contributed by atoms with Crippen LogP contribution in [-0.4, -0.2) is 39.5 Å². The molecular weight excluding hydrogens is 438 g/mol. The zero-order valence-corrected chi connectivity index (χ0v) is 20.0. The van der Waals surface area contributed by atoms with E-state index in [-0.39, 0.29) is 29.3 Å². The zero-order chi connectivity index (χ0) is 23.8. The number of rotatable bonds is 10. The van der Waals surface area contributed by atoms with Gasteiger partial charge in [-0.3, -0.25) is 19.7 Å². The van der Waals surface area contributed by atoms with E-state index in [0.717, 1.165) is 42.4 Å². The summed E-state index contributed by atoms with van der Waals surface area (Å²) in [6.07, 6.45) is 4.25. The normalized spacial score (nSPS) is 14.6. The second-order valence-electron chi connectivity index (χ2n) is 8.59. The number of hydrogen-bond acceptors (Lipinski definition) is 5. The molecule has 1 N–H and O–H groups in total. The first-order chi connectivity index (χ1) is 15.8. The molecule has 176 valence electrons. The zero-order valence-electron chi connectivity index (χ0n) is 19.2. The highest BCUT2D eigenvalue weighted by atomic mass is 32.2. The smallest absolute Gasteiger partial charge is 0.269 e. The first-order valence-corrected chi connectivity index (χ1v) is 12.5. The van der Waals surface area contributed by atoms with E-state index in [0.29, 0.717) is 12.3 Å². The first-order valence-electron chi connectivity index (χ1n) is 11.3. The summed E-state index contributed by atoms with van der Waals surface area (Å²) in [5.74, 6) is 0.579. The molecule has 0 bridgehead atoms. The Morgan fingerprint density at radius 3 is 2.48 bits per heavy atom. The van der Waals surface area contributed by atoms with E-state index in [1.165, 1.54) is 23.9 Å². The highest BCUT2D eigenvalue weighted by molar-refractivity contribution is 7.99. The van der Waals surface area contributed by atoms with Crippen molar-refractivity contribution < 1.29 is 14.5 Å². The Morgan fingerprint density at radius 1 is 1.15 bits per heavy atom. The summed E-state index contributed by atoms with van der Waals surface area (Å²) in [4.78, 5) is 38.1. The number of nitro benzene ring substituents is 1. The molecule has 3 rings (SSSR count). The van der Waals surface area contributed by atoms with Crippen LogP contribution >= 0.6 is 11.8 Å². The Bertz CT molecular complexity index is 974. The molecule has 2 aromatic rings. The van der Waals surface area contributed by atoms with Crippen LogP contribution in [0.25, 0.3) is 0 Å². The van der Waals surface area contributed by atoms with Gasteiger partial charge in [0.1, 0.15) is 6.04 Å². The largest absolute Gasteiger partial charge is 0.352 e. The highest BCUT2D eigenvalue weighted by Gasteiger charge is 2.28.